The Hall–Kier alpha value is -1.80. The van der Waals surface area contributed by atoms with Crippen LogP contribution in [0.1, 0.15) is 11.1 Å². The van der Waals surface area contributed by atoms with Crippen LogP contribution in [0.2, 0.25) is 5.02 Å². The first-order chi connectivity index (χ1) is 9.22. The number of halogens is 1. The maximum absolute atomic E-state index is 12.3. The number of carbonyl (C=O) groups excluding carboxylic acids is 1. The lowest BCUT2D eigenvalue weighted by Gasteiger charge is -2.10. The van der Waals surface area contributed by atoms with Gasteiger partial charge in [-0.25, -0.2) is 0 Å². The predicted octanol–water partition coefficient (Wildman–Crippen LogP) is 3.49. The maximum Gasteiger partial charge on any atom is 0.159 e. The fraction of sp³-hybridized carbons (Fsp3) is 0.188. The summed E-state index contributed by atoms with van der Waals surface area (Å²) in [7, 11) is 0. The standard InChI is InChI=1S/C16H14ClNO/c17-13-6-3-4-11(8-13)9-16(19)15-10-12-5-1-2-7-14(12)18-15/h1-8,15,18H,9-10H2. The lowest BCUT2D eigenvalue weighted by atomic mass is 10.0. The molecule has 19 heavy (non-hydrogen) atoms. The first-order valence-corrected chi connectivity index (χ1v) is 6.72. The maximum atomic E-state index is 12.3. The van der Waals surface area contributed by atoms with Gasteiger partial charge in [0, 0.05) is 23.6 Å². The van der Waals surface area contributed by atoms with E-state index in [0.717, 1.165) is 17.7 Å². The van der Waals surface area contributed by atoms with Gasteiger partial charge in [-0.2, -0.15) is 0 Å². The molecule has 1 unspecified atom stereocenters. The van der Waals surface area contributed by atoms with Crippen LogP contribution in [0.5, 0.6) is 0 Å². The van der Waals surface area contributed by atoms with Crippen molar-refractivity contribution < 1.29 is 4.79 Å². The van der Waals surface area contributed by atoms with Gasteiger partial charge in [0.15, 0.2) is 5.78 Å². The zero-order valence-corrected chi connectivity index (χ0v) is 11.2. The third-order valence-corrected chi connectivity index (χ3v) is 3.66. The van der Waals surface area contributed by atoms with Gasteiger partial charge in [0.1, 0.15) is 0 Å². The van der Waals surface area contributed by atoms with Crippen LogP contribution in [0.15, 0.2) is 48.5 Å². The fourth-order valence-corrected chi connectivity index (χ4v) is 2.68. The molecule has 0 fully saturated rings. The van der Waals surface area contributed by atoms with E-state index >= 15 is 0 Å². The van der Waals surface area contributed by atoms with E-state index in [4.69, 9.17) is 11.6 Å². The monoisotopic (exact) mass is 271 g/mol. The van der Waals surface area contributed by atoms with Gasteiger partial charge >= 0.3 is 0 Å². The van der Waals surface area contributed by atoms with E-state index in [0.29, 0.717) is 11.4 Å². The smallest absolute Gasteiger partial charge is 0.159 e. The molecule has 96 valence electrons. The second kappa shape index (κ2) is 5.06. The third kappa shape index (κ3) is 2.64. The van der Waals surface area contributed by atoms with Gasteiger partial charge in [-0.1, -0.05) is 41.9 Å². The highest BCUT2D eigenvalue weighted by Gasteiger charge is 2.25. The summed E-state index contributed by atoms with van der Waals surface area (Å²) in [6.45, 7) is 0. The molecular weight excluding hydrogens is 258 g/mol. The van der Waals surface area contributed by atoms with Crippen molar-refractivity contribution in [3.63, 3.8) is 0 Å². The highest BCUT2D eigenvalue weighted by Crippen LogP contribution is 2.26. The van der Waals surface area contributed by atoms with Crippen LogP contribution in [0.3, 0.4) is 0 Å². The number of fused-ring (bicyclic) bond motifs is 1. The number of nitrogens with one attached hydrogen (secondary N) is 1. The summed E-state index contributed by atoms with van der Waals surface area (Å²) in [6, 6.07) is 15.4. The SMILES string of the molecule is O=C(Cc1cccc(Cl)c1)C1Cc2ccccc2N1. The van der Waals surface area contributed by atoms with Crippen LogP contribution in [0, 0.1) is 0 Å². The Balaban J connectivity index is 1.70. The highest BCUT2D eigenvalue weighted by atomic mass is 35.5. The van der Waals surface area contributed by atoms with E-state index in [2.05, 4.69) is 11.4 Å². The van der Waals surface area contributed by atoms with Crippen molar-refractivity contribution in [2.75, 3.05) is 5.32 Å². The molecule has 0 saturated carbocycles. The van der Waals surface area contributed by atoms with E-state index in [1.54, 1.807) is 0 Å². The van der Waals surface area contributed by atoms with Crippen LogP contribution >= 0.6 is 11.6 Å². The highest BCUT2D eigenvalue weighted by molar-refractivity contribution is 6.30. The van der Waals surface area contributed by atoms with Crippen molar-refractivity contribution in [2.24, 2.45) is 0 Å². The molecule has 3 rings (SSSR count). The summed E-state index contributed by atoms with van der Waals surface area (Å²) in [5.41, 5.74) is 3.26. The Kier molecular flexibility index (Phi) is 3.26. The van der Waals surface area contributed by atoms with E-state index in [1.165, 1.54) is 5.56 Å². The lowest BCUT2D eigenvalue weighted by Crippen LogP contribution is -2.28. The Morgan fingerprint density at radius 2 is 2.05 bits per heavy atom. The van der Waals surface area contributed by atoms with E-state index in [9.17, 15) is 4.79 Å². The van der Waals surface area contributed by atoms with Crippen molar-refractivity contribution in [3.8, 4) is 0 Å². The molecular formula is C16H14ClNO. The van der Waals surface area contributed by atoms with Gasteiger partial charge < -0.3 is 5.32 Å². The number of benzene rings is 2. The van der Waals surface area contributed by atoms with Gasteiger partial charge in [-0.15, -0.1) is 0 Å². The van der Waals surface area contributed by atoms with Gasteiger partial charge in [0.25, 0.3) is 0 Å². The quantitative estimate of drug-likeness (QED) is 0.926. The first kappa shape index (κ1) is 12.2. The molecule has 3 heteroatoms. The van der Waals surface area contributed by atoms with Crippen LogP contribution in [0.4, 0.5) is 5.69 Å². The topological polar surface area (TPSA) is 29.1 Å². The molecule has 0 aromatic heterocycles. The van der Waals surface area contributed by atoms with Crippen molar-refractivity contribution >= 4 is 23.1 Å². The summed E-state index contributed by atoms with van der Waals surface area (Å²) >= 11 is 5.93. The number of hydrogen-bond donors (Lipinski definition) is 1. The average Bonchev–Trinajstić information content (AvgIpc) is 2.82. The Morgan fingerprint density at radius 3 is 2.84 bits per heavy atom. The molecule has 1 atom stereocenters. The number of ketones is 1. The second-order valence-corrected chi connectivity index (χ2v) is 5.27. The van der Waals surface area contributed by atoms with Crippen molar-refractivity contribution in [1.29, 1.82) is 0 Å². The molecule has 0 amide bonds. The van der Waals surface area contributed by atoms with E-state index in [1.807, 2.05) is 42.5 Å². The lowest BCUT2D eigenvalue weighted by molar-refractivity contribution is -0.119. The zero-order valence-electron chi connectivity index (χ0n) is 10.4. The second-order valence-electron chi connectivity index (χ2n) is 4.83. The molecule has 1 N–H and O–H groups in total. The minimum absolute atomic E-state index is 0.114. The summed E-state index contributed by atoms with van der Waals surface area (Å²) in [6.07, 6.45) is 1.20. The van der Waals surface area contributed by atoms with E-state index in [-0.39, 0.29) is 11.8 Å². The minimum Gasteiger partial charge on any atom is -0.375 e. The van der Waals surface area contributed by atoms with Gasteiger partial charge in [0.05, 0.1) is 6.04 Å². The number of carbonyl (C=O) groups is 1. The van der Waals surface area contributed by atoms with Crippen molar-refractivity contribution in [2.45, 2.75) is 18.9 Å². The number of Topliss-reactive ketones (excluding diaryl/α,β-unsaturated/α-hetero) is 1. The Labute approximate surface area is 117 Å². The molecule has 0 aliphatic carbocycles. The van der Waals surface area contributed by atoms with Crippen LogP contribution in [0.25, 0.3) is 0 Å². The molecule has 1 aliphatic heterocycles. The predicted molar refractivity (Wildman–Crippen MR) is 77.7 cm³/mol. The van der Waals surface area contributed by atoms with Crippen LogP contribution in [-0.2, 0) is 17.6 Å². The normalized spacial score (nSPS) is 16.8. The van der Waals surface area contributed by atoms with Crippen LogP contribution in [-0.4, -0.2) is 11.8 Å². The van der Waals surface area contributed by atoms with Gasteiger partial charge in [0.2, 0.25) is 0 Å². The van der Waals surface area contributed by atoms with Gasteiger partial charge in [-0.05, 0) is 29.3 Å². The van der Waals surface area contributed by atoms with Gasteiger partial charge in [-0.3, -0.25) is 4.79 Å². The van der Waals surface area contributed by atoms with Crippen molar-refractivity contribution in [1.82, 2.24) is 0 Å². The molecule has 0 spiro atoms. The molecule has 2 aromatic rings. The number of para-hydroxylation sites is 1. The molecule has 1 heterocycles. The Morgan fingerprint density at radius 1 is 1.21 bits per heavy atom. The minimum atomic E-state index is -0.114. The van der Waals surface area contributed by atoms with Crippen LogP contribution < -0.4 is 5.32 Å². The molecule has 2 aromatic carbocycles. The third-order valence-electron chi connectivity index (χ3n) is 3.43. The zero-order chi connectivity index (χ0) is 13.2. The largest absolute Gasteiger partial charge is 0.375 e. The molecule has 0 radical (unpaired) electrons. The summed E-state index contributed by atoms with van der Waals surface area (Å²) in [5, 5.41) is 3.96. The summed E-state index contributed by atoms with van der Waals surface area (Å²) in [5.74, 6) is 0.207. The fourth-order valence-electron chi connectivity index (χ4n) is 2.46. The number of anilines is 1. The van der Waals surface area contributed by atoms with Crippen molar-refractivity contribution in [3.05, 3.63) is 64.7 Å². The molecule has 0 bridgehead atoms. The Bertz CT molecular complexity index is 599. The molecule has 0 saturated heterocycles. The number of hydrogen-bond acceptors (Lipinski definition) is 2. The molecule has 1 aliphatic rings. The average molecular weight is 272 g/mol. The summed E-state index contributed by atoms with van der Waals surface area (Å²) in [4.78, 5) is 12.3. The number of rotatable bonds is 3. The van der Waals surface area contributed by atoms with E-state index < -0.39 is 0 Å². The molecule has 2 nitrogen and oxygen atoms in total. The first-order valence-electron chi connectivity index (χ1n) is 6.34. The summed E-state index contributed by atoms with van der Waals surface area (Å²) < 4.78 is 0.